The molecule has 0 unspecified atom stereocenters. The van der Waals surface area contributed by atoms with Gasteiger partial charge in [0.25, 0.3) is 0 Å². The number of nitrogens with one attached hydrogen (secondary N) is 1. The van der Waals surface area contributed by atoms with E-state index in [4.69, 9.17) is 5.11 Å². The number of rotatable bonds is 5. The fourth-order valence-corrected chi connectivity index (χ4v) is 2.22. The summed E-state index contributed by atoms with van der Waals surface area (Å²) in [5.74, 6) is -1.07. The molecule has 1 aliphatic rings. The highest BCUT2D eigenvalue weighted by Gasteiger charge is 2.43. The molecule has 0 bridgehead atoms. The molecule has 116 valence electrons. The number of nitrogens with zero attached hydrogens (tertiary/aromatic N) is 1. The molecular formula is C12H19F3N2O3. The summed E-state index contributed by atoms with van der Waals surface area (Å²) in [5, 5.41) is 11.3. The molecule has 0 aliphatic heterocycles. The van der Waals surface area contributed by atoms with Crippen LogP contribution in [-0.2, 0) is 4.79 Å². The van der Waals surface area contributed by atoms with Gasteiger partial charge in [0.1, 0.15) is 6.54 Å². The predicted octanol–water partition coefficient (Wildman–Crippen LogP) is 2.37. The van der Waals surface area contributed by atoms with Gasteiger partial charge >= 0.3 is 18.2 Å². The first-order valence-electron chi connectivity index (χ1n) is 6.42. The number of hydrogen-bond acceptors (Lipinski definition) is 2. The summed E-state index contributed by atoms with van der Waals surface area (Å²) >= 11 is 0. The Labute approximate surface area is 115 Å². The first-order valence-corrected chi connectivity index (χ1v) is 6.42. The Kier molecular flexibility index (Phi) is 4.88. The van der Waals surface area contributed by atoms with Crippen LogP contribution in [0.15, 0.2) is 0 Å². The molecule has 1 fully saturated rings. The summed E-state index contributed by atoms with van der Waals surface area (Å²) in [4.78, 5) is 23.4. The molecule has 0 atom stereocenters. The third-order valence-electron chi connectivity index (χ3n) is 3.41. The standard InChI is InChI=1S/C12H19F3N2O3/c1-8(2)17(7-12(13,14)15)10(20)16-11(4-3-5-11)6-9(18)19/h8H,3-7H2,1-2H3,(H,16,20)(H,18,19). The molecule has 20 heavy (non-hydrogen) atoms. The van der Waals surface area contributed by atoms with Gasteiger partial charge in [-0.15, -0.1) is 0 Å². The van der Waals surface area contributed by atoms with E-state index in [-0.39, 0.29) is 6.42 Å². The number of carboxylic acid groups (broad SMARTS) is 1. The number of carboxylic acids is 1. The van der Waals surface area contributed by atoms with Crippen LogP contribution in [0.25, 0.3) is 0 Å². The van der Waals surface area contributed by atoms with Crippen molar-refractivity contribution in [1.29, 1.82) is 0 Å². The zero-order chi connectivity index (χ0) is 15.6. The number of aliphatic carboxylic acids is 1. The topological polar surface area (TPSA) is 69.6 Å². The van der Waals surface area contributed by atoms with Crippen molar-refractivity contribution in [2.24, 2.45) is 0 Å². The van der Waals surface area contributed by atoms with Crippen LogP contribution in [0.5, 0.6) is 0 Å². The highest BCUT2D eigenvalue weighted by Crippen LogP contribution is 2.35. The number of amides is 2. The molecule has 0 aromatic rings. The number of hydrogen-bond donors (Lipinski definition) is 2. The second-order valence-electron chi connectivity index (χ2n) is 5.47. The van der Waals surface area contributed by atoms with Gasteiger partial charge in [-0.05, 0) is 33.1 Å². The Hall–Kier alpha value is -1.47. The van der Waals surface area contributed by atoms with Crippen LogP contribution >= 0.6 is 0 Å². The molecule has 1 rings (SSSR count). The van der Waals surface area contributed by atoms with Crippen molar-refractivity contribution in [1.82, 2.24) is 10.2 Å². The van der Waals surface area contributed by atoms with Crippen molar-refractivity contribution in [2.75, 3.05) is 6.54 Å². The monoisotopic (exact) mass is 296 g/mol. The fraction of sp³-hybridized carbons (Fsp3) is 0.833. The lowest BCUT2D eigenvalue weighted by atomic mass is 9.74. The minimum atomic E-state index is -4.48. The highest BCUT2D eigenvalue weighted by atomic mass is 19.4. The molecule has 0 aromatic heterocycles. The lowest BCUT2D eigenvalue weighted by molar-refractivity contribution is -0.144. The second kappa shape index (κ2) is 5.88. The lowest BCUT2D eigenvalue weighted by Crippen LogP contribution is -2.60. The molecule has 0 spiro atoms. The zero-order valence-electron chi connectivity index (χ0n) is 11.5. The van der Waals surface area contributed by atoms with Crippen LogP contribution in [0.3, 0.4) is 0 Å². The van der Waals surface area contributed by atoms with Gasteiger partial charge in [0.2, 0.25) is 0 Å². The van der Waals surface area contributed by atoms with Crippen molar-refractivity contribution in [3.8, 4) is 0 Å². The van der Waals surface area contributed by atoms with Crippen LogP contribution < -0.4 is 5.32 Å². The summed E-state index contributed by atoms with van der Waals surface area (Å²) < 4.78 is 37.3. The third kappa shape index (κ3) is 4.57. The van der Waals surface area contributed by atoms with E-state index in [9.17, 15) is 22.8 Å². The zero-order valence-corrected chi connectivity index (χ0v) is 11.5. The van der Waals surface area contributed by atoms with E-state index < -0.39 is 36.3 Å². The molecule has 5 nitrogen and oxygen atoms in total. The van der Waals surface area contributed by atoms with Crippen molar-refractivity contribution in [2.45, 2.75) is 57.3 Å². The van der Waals surface area contributed by atoms with Gasteiger partial charge in [0.05, 0.1) is 12.0 Å². The van der Waals surface area contributed by atoms with Crippen molar-refractivity contribution >= 4 is 12.0 Å². The highest BCUT2D eigenvalue weighted by molar-refractivity contribution is 5.77. The Morgan fingerprint density at radius 1 is 1.35 bits per heavy atom. The minimum Gasteiger partial charge on any atom is -0.481 e. The number of alkyl halides is 3. The van der Waals surface area contributed by atoms with Gasteiger partial charge < -0.3 is 15.3 Å². The van der Waals surface area contributed by atoms with E-state index in [1.165, 1.54) is 13.8 Å². The SMILES string of the molecule is CC(C)N(CC(F)(F)F)C(=O)NC1(CC(=O)O)CCC1. The van der Waals surface area contributed by atoms with E-state index in [0.717, 1.165) is 6.42 Å². The van der Waals surface area contributed by atoms with Gasteiger partial charge in [0.15, 0.2) is 0 Å². The van der Waals surface area contributed by atoms with Gasteiger partial charge in [0, 0.05) is 6.04 Å². The van der Waals surface area contributed by atoms with E-state index >= 15 is 0 Å². The van der Waals surface area contributed by atoms with Crippen molar-refractivity contribution in [3.05, 3.63) is 0 Å². The Morgan fingerprint density at radius 2 is 1.90 bits per heavy atom. The van der Waals surface area contributed by atoms with Crippen LogP contribution in [-0.4, -0.2) is 46.3 Å². The third-order valence-corrected chi connectivity index (χ3v) is 3.41. The molecule has 2 N–H and O–H groups in total. The number of urea groups is 1. The smallest absolute Gasteiger partial charge is 0.406 e. The second-order valence-corrected chi connectivity index (χ2v) is 5.47. The van der Waals surface area contributed by atoms with Crippen LogP contribution in [0.1, 0.15) is 39.5 Å². The summed E-state index contributed by atoms with van der Waals surface area (Å²) in [6.45, 7) is 1.62. The predicted molar refractivity (Wildman–Crippen MR) is 65.3 cm³/mol. The summed E-state index contributed by atoms with van der Waals surface area (Å²) in [6, 6.07) is -1.49. The maximum absolute atomic E-state index is 12.4. The minimum absolute atomic E-state index is 0.267. The quantitative estimate of drug-likeness (QED) is 0.818. The molecule has 0 radical (unpaired) electrons. The molecule has 0 saturated heterocycles. The largest absolute Gasteiger partial charge is 0.481 e. The maximum Gasteiger partial charge on any atom is 0.406 e. The summed E-state index contributed by atoms with van der Waals surface area (Å²) in [7, 11) is 0. The Morgan fingerprint density at radius 3 is 2.20 bits per heavy atom. The summed E-state index contributed by atoms with van der Waals surface area (Å²) in [5.41, 5.74) is -0.901. The average Bonchev–Trinajstić information content (AvgIpc) is 2.20. The summed E-state index contributed by atoms with van der Waals surface area (Å²) in [6.07, 6.45) is -3.04. The molecule has 0 heterocycles. The average molecular weight is 296 g/mol. The van der Waals surface area contributed by atoms with Crippen molar-refractivity contribution in [3.63, 3.8) is 0 Å². The first kappa shape index (κ1) is 16.6. The van der Waals surface area contributed by atoms with E-state index in [1.54, 1.807) is 0 Å². The molecule has 8 heteroatoms. The van der Waals surface area contributed by atoms with Crippen LogP contribution in [0.2, 0.25) is 0 Å². The van der Waals surface area contributed by atoms with Crippen LogP contribution in [0, 0.1) is 0 Å². The molecule has 0 aromatic carbocycles. The van der Waals surface area contributed by atoms with Gasteiger partial charge in [-0.25, -0.2) is 4.79 Å². The van der Waals surface area contributed by atoms with Crippen LogP contribution in [0.4, 0.5) is 18.0 Å². The molecule has 2 amide bonds. The van der Waals surface area contributed by atoms with Gasteiger partial charge in [-0.2, -0.15) is 13.2 Å². The van der Waals surface area contributed by atoms with Gasteiger partial charge in [-0.1, -0.05) is 0 Å². The number of carbonyl (C=O) groups is 2. The number of halogens is 3. The molecule has 1 saturated carbocycles. The molecule has 1 aliphatic carbocycles. The van der Waals surface area contributed by atoms with Gasteiger partial charge in [-0.3, -0.25) is 4.79 Å². The Balaban J connectivity index is 2.72. The fourth-order valence-electron chi connectivity index (χ4n) is 2.22. The molecular weight excluding hydrogens is 277 g/mol. The van der Waals surface area contributed by atoms with E-state index in [1.807, 2.05) is 0 Å². The normalized spacial score (nSPS) is 17.5. The van der Waals surface area contributed by atoms with E-state index in [0.29, 0.717) is 17.7 Å². The first-order chi connectivity index (χ1) is 9.05. The van der Waals surface area contributed by atoms with E-state index in [2.05, 4.69) is 5.32 Å². The maximum atomic E-state index is 12.4. The number of carbonyl (C=O) groups excluding carboxylic acids is 1. The Bertz CT molecular complexity index is 379. The lowest BCUT2D eigenvalue weighted by Gasteiger charge is -2.43. The van der Waals surface area contributed by atoms with Crippen molar-refractivity contribution < 1.29 is 27.9 Å².